The fourth-order valence-corrected chi connectivity index (χ4v) is 0.938. The molecule has 0 aliphatic rings. The average Bonchev–Trinajstić information content (AvgIpc) is 2.40. The van der Waals surface area contributed by atoms with Crippen LogP contribution in [0.5, 0.6) is 0 Å². The highest BCUT2D eigenvalue weighted by molar-refractivity contribution is 5.89. The molecule has 0 spiro atoms. The molecule has 0 aliphatic heterocycles. The zero-order valence-corrected chi connectivity index (χ0v) is 11.9. The van der Waals surface area contributed by atoms with Gasteiger partial charge in [-0.3, -0.25) is 19.2 Å². The van der Waals surface area contributed by atoms with Gasteiger partial charge in [-0.05, 0) is 6.92 Å². The van der Waals surface area contributed by atoms with Crippen molar-refractivity contribution in [2.75, 3.05) is 32.8 Å². The SMILES string of the molecule is CCOC(=O)CNC(=O)CNC(=O)CNC(=O)CN.Cl. The summed E-state index contributed by atoms with van der Waals surface area (Å²) in [5.41, 5.74) is 5.02. The van der Waals surface area contributed by atoms with Gasteiger partial charge in [0.2, 0.25) is 17.7 Å². The zero-order chi connectivity index (χ0) is 14.7. The van der Waals surface area contributed by atoms with Crippen molar-refractivity contribution >= 4 is 36.1 Å². The number of rotatable bonds is 8. The standard InChI is InChI=1S/C10H18N4O5.ClH/c1-2-19-10(18)6-14-9(17)5-13-8(16)4-12-7(15)3-11;/h2-6,11H2,1H3,(H,12,15)(H,13,16)(H,14,17);1H. The van der Waals surface area contributed by atoms with E-state index < -0.39 is 23.7 Å². The normalized spacial score (nSPS) is 8.90. The molecule has 0 heterocycles. The van der Waals surface area contributed by atoms with Crippen molar-refractivity contribution in [2.45, 2.75) is 6.92 Å². The molecule has 5 N–H and O–H groups in total. The highest BCUT2D eigenvalue weighted by atomic mass is 35.5. The lowest BCUT2D eigenvalue weighted by Crippen LogP contribution is -2.44. The van der Waals surface area contributed by atoms with Gasteiger partial charge in [0.25, 0.3) is 0 Å². The molecule has 0 rings (SSSR count). The average molecular weight is 311 g/mol. The zero-order valence-electron chi connectivity index (χ0n) is 11.1. The van der Waals surface area contributed by atoms with Gasteiger partial charge in [-0.1, -0.05) is 0 Å². The molecular weight excluding hydrogens is 292 g/mol. The smallest absolute Gasteiger partial charge is 0.325 e. The number of carbonyl (C=O) groups excluding carboxylic acids is 4. The van der Waals surface area contributed by atoms with Gasteiger partial charge < -0.3 is 26.4 Å². The van der Waals surface area contributed by atoms with E-state index in [0.29, 0.717) is 0 Å². The molecule has 10 heteroatoms. The molecule has 0 bridgehead atoms. The number of ether oxygens (including phenoxy) is 1. The summed E-state index contributed by atoms with van der Waals surface area (Å²) in [4.78, 5) is 44.0. The van der Waals surface area contributed by atoms with E-state index in [-0.39, 0.29) is 45.2 Å². The maximum atomic E-state index is 11.2. The summed E-state index contributed by atoms with van der Waals surface area (Å²) in [7, 11) is 0. The predicted octanol–water partition coefficient (Wildman–Crippen LogP) is -2.72. The molecule has 3 amide bonds. The molecule has 0 radical (unpaired) electrons. The highest BCUT2D eigenvalue weighted by Gasteiger charge is 2.08. The summed E-state index contributed by atoms with van der Waals surface area (Å²) in [6.45, 7) is 0.847. The maximum Gasteiger partial charge on any atom is 0.325 e. The predicted molar refractivity (Wildman–Crippen MR) is 72.0 cm³/mol. The molecular formula is C10H19ClN4O5. The molecule has 0 unspecified atom stereocenters. The van der Waals surface area contributed by atoms with Crippen LogP contribution in [0.1, 0.15) is 6.92 Å². The van der Waals surface area contributed by atoms with Gasteiger partial charge in [-0.2, -0.15) is 0 Å². The van der Waals surface area contributed by atoms with Gasteiger partial charge in [-0.25, -0.2) is 0 Å². The minimum absolute atomic E-state index is 0. The fraction of sp³-hybridized carbons (Fsp3) is 0.600. The molecule has 0 aromatic rings. The molecule has 116 valence electrons. The molecule has 0 saturated carbocycles. The van der Waals surface area contributed by atoms with E-state index in [0.717, 1.165) is 0 Å². The lowest BCUT2D eigenvalue weighted by Gasteiger charge is -2.07. The fourth-order valence-electron chi connectivity index (χ4n) is 0.938. The summed E-state index contributed by atoms with van der Waals surface area (Å²) in [5.74, 6) is -2.10. The Hall–Kier alpha value is -1.87. The first kappa shape index (κ1) is 20.4. The molecule has 0 fully saturated rings. The van der Waals surface area contributed by atoms with Crippen molar-refractivity contribution in [2.24, 2.45) is 5.73 Å². The van der Waals surface area contributed by atoms with Crippen LogP contribution in [0.2, 0.25) is 0 Å². The largest absolute Gasteiger partial charge is 0.465 e. The second-order valence-electron chi connectivity index (χ2n) is 3.34. The van der Waals surface area contributed by atoms with Crippen LogP contribution in [-0.2, 0) is 23.9 Å². The van der Waals surface area contributed by atoms with E-state index in [1.54, 1.807) is 6.92 Å². The summed E-state index contributed by atoms with van der Waals surface area (Å²) in [6.07, 6.45) is 0. The summed E-state index contributed by atoms with van der Waals surface area (Å²) >= 11 is 0. The van der Waals surface area contributed by atoms with Crippen molar-refractivity contribution < 1.29 is 23.9 Å². The van der Waals surface area contributed by atoms with E-state index in [4.69, 9.17) is 5.73 Å². The number of carbonyl (C=O) groups is 4. The number of hydrogen-bond donors (Lipinski definition) is 4. The van der Waals surface area contributed by atoms with E-state index in [2.05, 4.69) is 20.7 Å². The van der Waals surface area contributed by atoms with Gasteiger partial charge >= 0.3 is 5.97 Å². The maximum absolute atomic E-state index is 11.2. The third kappa shape index (κ3) is 11.2. The first-order valence-electron chi connectivity index (χ1n) is 5.65. The first-order chi connectivity index (χ1) is 8.99. The topological polar surface area (TPSA) is 140 Å². The highest BCUT2D eigenvalue weighted by Crippen LogP contribution is 1.75. The number of hydrogen-bond acceptors (Lipinski definition) is 6. The number of esters is 1. The minimum Gasteiger partial charge on any atom is -0.465 e. The Morgan fingerprint density at radius 1 is 0.900 bits per heavy atom. The molecule has 20 heavy (non-hydrogen) atoms. The Balaban J connectivity index is 0. The van der Waals surface area contributed by atoms with E-state index >= 15 is 0 Å². The lowest BCUT2D eigenvalue weighted by atomic mass is 10.5. The first-order valence-corrected chi connectivity index (χ1v) is 5.65. The van der Waals surface area contributed by atoms with E-state index in [1.165, 1.54) is 0 Å². The van der Waals surface area contributed by atoms with Crippen LogP contribution < -0.4 is 21.7 Å². The Morgan fingerprint density at radius 2 is 1.35 bits per heavy atom. The number of amides is 3. The second kappa shape index (κ2) is 12.2. The van der Waals surface area contributed by atoms with Crippen LogP contribution in [0.25, 0.3) is 0 Å². The molecule has 0 aromatic heterocycles. The van der Waals surface area contributed by atoms with Gasteiger partial charge in [0, 0.05) is 0 Å². The monoisotopic (exact) mass is 310 g/mol. The summed E-state index contributed by atoms with van der Waals surface area (Å²) in [5, 5.41) is 6.76. The Labute approximate surface area is 122 Å². The lowest BCUT2D eigenvalue weighted by molar-refractivity contribution is -0.143. The van der Waals surface area contributed by atoms with E-state index in [1.807, 2.05) is 0 Å². The van der Waals surface area contributed by atoms with Crippen molar-refractivity contribution in [3.05, 3.63) is 0 Å². The molecule has 9 nitrogen and oxygen atoms in total. The van der Waals surface area contributed by atoms with E-state index in [9.17, 15) is 19.2 Å². The van der Waals surface area contributed by atoms with Crippen LogP contribution in [0, 0.1) is 0 Å². The van der Waals surface area contributed by atoms with Gasteiger partial charge in [-0.15, -0.1) is 12.4 Å². The van der Waals surface area contributed by atoms with Crippen molar-refractivity contribution in [3.8, 4) is 0 Å². The Bertz CT molecular complexity index is 351. The molecule has 0 atom stereocenters. The molecule has 0 aromatic carbocycles. The number of nitrogens with one attached hydrogen (secondary N) is 3. The van der Waals surface area contributed by atoms with Crippen molar-refractivity contribution in [3.63, 3.8) is 0 Å². The van der Waals surface area contributed by atoms with Crippen molar-refractivity contribution in [1.29, 1.82) is 0 Å². The van der Waals surface area contributed by atoms with Gasteiger partial charge in [0.1, 0.15) is 6.54 Å². The van der Waals surface area contributed by atoms with Gasteiger partial charge in [0.05, 0.1) is 26.2 Å². The van der Waals surface area contributed by atoms with Crippen LogP contribution in [-0.4, -0.2) is 56.5 Å². The third-order valence-electron chi connectivity index (χ3n) is 1.81. The number of halogens is 1. The Kier molecular flexibility index (Phi) is 12.5. The van der Waals surface area contributed by atoms with Gasteiger partial charge in [0.15, 0.2) is 0 Å². The van der Waals surface area contributed by atoms with Crippen LogP contribution in [0.4, 0.5) is 0 Å². The quantitative estimate of drug-likeness (QED) is 0.359. The summed E-state index contributed by atoms with van der Waals surface area (Å²) in [6, 6.07) is 0. The third-order valence-corrected chi connectivity index (χ3v) is 1.81. The summed E-state index contributed by atoms with van der Waals surface area (Å²) < 4.78 is 4.59. The Morgan fingerprint density at radius 3 is 1.80 bits per heavy atom. The number of nitrogens with two attached hydrogens (primary N) is 1. The minimum atomic E-state index is -0.558. The van der Waals surface area contributed by atoms with Crippen molar-refractivity contribution in [1.82, 2.24) is 16.0 Å². The molecule has 0 saturated heterocycles. The van der Waals surface area contributed by atoms with Crippen LogP contribution in [0.3, 0.4) is 0 Å². The molecule has 0 aliphatic carbocycles. The van der Waals surface area contributed by atoms with Crippen LogP contribution >= 0.6 is 12.4 Å². The second-order valence-corrected chi connectivity index (χ2v) is 3.34. The van der Waals surface area contributed by atoms with Crippen LogP contribution in [0.15, 0.2) is 0 Å².